The molecule has 1 heterocycles. The van der Waals surface area contributed by atoms with Gasteiger partial charge in [-0.05, 0) is 43.5 Å². The molecule has 0 bridgehead atoms. The van der Waals surface area contributed by atoms with Gasteiger partial charge in [-0.2, -0.15) is 0 Å². The van der Waals surface area contributed by atoms with Gasteiger partial charge in [-0.3, -0.25) is 4.90 Å². The van der Waals surface area contributed by atoms with E-state index in [4.69, 9.17) is 4.74 Å². The minimum atomic E-state index is 0.419. The summed E-state index contributed by atoms with van der Waals surface area (Å²) in [4.78, 5) is 2.51. The molecule has 1 aromatic rings. The van der Waals surface area contributed by atoms with Crippen molar-refractivity contribution >= 4 is 0 Å². The van der Waals surface area contributed by atoms with Gasteiger partial charge in [0.15, 0.2) is 0 Å². The van der Waals surface area contributed by atoms with E-state index in [2.05, 4.69) is 48.3 Å². The second-order valence-corrected chi connectivity index (χ2v) is 5.95. The maximum atomic E-state index is 5.73. The fourth-order valence-corrected chi connectivity index (χ4v) is 2.78. The molecule has 1 fully saturated rings. The van der Waals surface area contributed by atoms with Crippen LogP contribution in [-0.4, -0.2) is 43.8 Å². The second-order valence-electron chi connectivity index (χ2n) is 5.95. The van der Waals surface area contributed by atoms with E-state index < -0.39 is 0 Å². The van der Waals surface area contributed by atoms with Crippen LogP contribution >= 0.6 is 0 Å². The van der Waals surface area contributed by atoms with Gasteiger partial charge in [-0.1, -0.05) is 38.1 Å². The normalized spacial score (nSPS) is 19.8. The third-order valence-electron chi connectivity index (χ3n) is 4.12. The summed E-state index contributed by atoms with van der Waals surface area (Å²) in [7, 11) is 0. The average Bonchev–Trinajstić information content (AvgIpc) is 2.53. The molecule has 1 aliphatic heterocycles. The predicted octanol–water partition coefficient (Wildman–Crippen LogP) is 2.84. The number of ether oxygens (including phenoxy) is 1. The number of benzene rings is 1. The molecule has 118 valence electrons. The van der Waals surface area contributed by atoms with E-state index in [1.807, 2.05) is 0 Å². The Bertz CT molecular complexity index is 391. The van der Waals surface area contributed by atoms with Gasteiger partial charge in [0, 0.05) is 19.6 Å². The molecule has 1 N–H and O–H groups in total. The lowest BCUT2D eigenvalue weighted by Crippen LogP contribution is -2.41. The molecule has 1 atom stereocenters. The van der Waals surface area contributed by atoms with Gasteiger partial charge in [0.1, 0.15) is 0 Å². The lowest BCUT2D eigenvalue weighted by Gasteiger charge is -2.32. The molecule has 0 aromatic heterocycles. The van der Waals surface area contributed by atoms with Crippen LogP contribution in [0.1, 0.15) is 37.8 Å². The standard InChI is InChI=1S/C18H30N2O/c1-3-10-19-11-9-16-5-7-17(8-6-16)14-20-12-13-21-18(4-2)15-20/h5-8,18-19H,3-4,9-15H2,1-2H3. The van der Waals surface area contributed by atoms with Crippen LogP contribution in [0.3, 0.4) is 0 Å². The summed E-state index contributed by atoms with van der Waals surface area (Å²) in [5.41, 5.74) is 2.84. The number of hydrogen-bond donors (Lipinski definition) is 1. The number of nitrogens with one attached hydrogen (secondary N) is 1. The van der Waals surface area contributed by atoms with E-state index >= 15 is 0 Å². The highest BCUT2D eigenvalue weighted by atomic mass is 16.5. The summed E-state index contributed by atoms with van der Waals surface area (Å²) in [6.45, 7) is 10.7. The van der Waals surface area contributed by atoms with Crippen molar-refractivity contribution in [2.24, 2.45) is 0 Å². The summed E-state index contributed by atoms with van der Waals surface area (Å²) in [5, 5.41) is 3.45. The molecular weight excluding hydrogens is 260 g/mol. The van der Waals surface area contributed by atoms with Crippen LogP contribution in [0.5, 0.6) is 0 Å². The monoisotopic (exact) mass is 290 g/mol. The van der Waals surface area contributed by atoms with Crippen molar-refractivity contribution in [3.8, 4) is 0 Å². The van der Waals surface area contributed by atoms with Crippen molar-refractivity contribution in [2.75, 3.05) is 32.8 Å². The molecule has 0 amide bonds. The lowest BCUT2D eigenvalue weighted by atomic mass is 10.1. The quantitative estimate of drug-likeness (QED) is 0.745. The molecule has 0 radical (unpaired) electrons. The Balaban J connectivity index is 1.76. The van der Waals surface area contributed by atoms with E-state index in [-0.39, 0.29) is 0 Å². The van der Waals surface area contributed by atoms with E-state index in [0.717, 1.165) is 52.2 Å². The zero-order chi connectivity index (χ0) is 14.9. The molecule has 1 aromatic carbocycles. The molecule has 1 saturated heterocycles. The first-order valence-corrected chi connectivity index (χ1v) is 8.44. The Kier molecular flexibility index (Phi) is 7.20. The fourth-order valence-electron chi connectivity index (χ4n) is 2.78. The lowest BCUT2D eigenvalue weighted by molar-refractivity contribution is -0.0324. The first-order valence-electron chi connectivity index (χ1n) is 8.44. The topological polar surface area (TPSA) is 24.5 Å². The maximum absolute atomic E-state index is 5.73. The Morgan fingerprint density at radius 2 is 1.90 bits per heavy atom. The molecule has 1 aliphatic rings. The zero-order valence-corrected chi connectivity index (χ0v) is 13.6. The number of morpholine rings is 1. The van der Waals surface area contributed by atoms with Crippen LogP contribution in [-0.2, 0) is 17.7 Å². The molecule has 0 aliphatic carbocycles. The molecule has 3 nitrogen and oxygen atoms in total. The summed E-state index contributed by atoms with van der Waals surface area (Å²) >= 11 is 0. The third kappa shape index (κ3) is 5.77. The van der Waals surface area contributed by atoms with Crippen LogP contribution in [0.2, 0.25) is 0 Å². The molecule has 21 heavy (non-hydrogen) atoms. The number of hydrogen-bond acceptors (Lipinski definition) is 3. The van der Waals surface area contributed by atoms with Crippen molar-refractivity contribution in [2.45, 2.75) is 45.8 Å². The number of rotatable bonds is 8. The predicted molar refractivity (Wildman–Crippen MR) is 88.6 cm³/mol. The van der Waals surface area contributed by atoms with Crippen molar-refractivity contribution < 1.29 is 4.74 Å². The van der Waals surface area contributed by atoms with Gasteiger partial charge in [0.2, 0.25) is 0 Å². The highest BCUT2D eigenvalue weighted by molar-refractivity contribution is 5.22. The van der Waals surface area contributed by atoms with Gasteiger partial charge >= 0.3 is 0 Å². The fraction of sp³-hybridized carbons (Fsp3) is 0.667. The maximum Gasteiger partial charge on any atom is 0.0700 e. The molecule has 0 saturated carbocycles. The third-order valence-corrected chi connectivity index (χ3v) is 4.12. The largest absolute Gasteiger partial charge is 0.376 e. The minimum absolute atomic E-state index is 0.419. The van der Waals surface area contributed by atoms with Gasteiger partial charge in [0.25, 0.3) is 0 Å². The molecule has 2 rings (SSSR count). The first kappa shape index (κ1) is 16.5. The van der Waals surface area contributed by atoms with E-state index in [1.54, 1.807) is 0 Å². The van der Waals surface area contributed by atoms with E-state index in [9.17, 15) is 0 Å². The van der Waals surface area contributed by atoms with Crippen molar-refractivity contribution in [1.29, 1.82) is 0 Å². The minimum Gasteiger partial charge on any atom is -0.376 e. The van der Waals surface area contributed by atoms with Crippen molar-refractivity contribution in [3.05, 3.63) is 35.4 Å². The summed E-state index contributed by atoms with van der Waals surface area (Å²) < 4.78 is 5.73. The SMILES string of the molecule is CCCNCCc1ccc(CN2CCOC(CC)C2)cc1. The van der Waals surface area contributed by atoms with Crippen molar-refractivity contribution in [1.82, 2.24) is 10.2 Å². The first-order chi connectivity index (χ1) is 10.3. The summed E-state index contributed by atoms with van der Waals surface area (Å²) in [5.74, 6) is 0. The Labute approximate surface area is 129 Å². The highest BCUT2D eigenvalue weighted by Gasteiger charge is 2.18. The second kappa shape index (κ2) is 9.19. The van der Waals surface area contributed by atoms with Crippen LogP contribution in [0.15, 0.2) is 24.3 Å². The van der Waals surface area contributed by atoms with Crippen LogP contribution in [0.4, 0.5) is 0 Å². The molecule has 1 unspecified atom stereocenters. The van der Waals surface area contributed by atoms with Gasteiger partial charge < -0.3 is 10.1 Å². The highest BCUT2D eigenvalue weighted by Crippen LogP contribution is 2.13. The van der Waals surface area contributed by atoms with Crippen LogP contribution < -0.4 is 5.32 Å². The smallest absolute Gasteiger partial charge is 0.0700 e. The zero-order valence-electron chi connectivity index (χ0n) is 13.6. The van der Waals surface area contributed by atoms with Gasteiger partial charge in [0.05, 0.1) is 12.7 Å². The van der Waals surface area contributed by atoms with Crippen LogP contribution in [0.25, 0.3) is 0 Å². The van der Waals surface area contributed by atoms with E-state index in [0.29, 0.717) is 6.10 Å². The molecular formula is C18H30N2O. The Morgan fingerprint density at radius 1 is 1.14 bits per heavy atom. The Hall–Kier alpha value is -0.900. The Morgan fingerprint density at radius 3 is 2.62 bits per heavy atom. The average molecular weight is 290 g/mol. The van der Waals surface area contributed by atoms with Gasteiger partial charge in [-0.15, -0.1) is 0 Å². The van der Waals surface area contributed by atoms with Crippen molar-refractivity contribution in [3.63, 3.8) is 0 Å². The molecule has 3 heteroatoms. The van der Waals surface area contributed by atoms with Crippen LogP contribution in [0, 0.1) is 0 Å². The summed E-state index contributed by atoms with van der Waals surface area (Å²) in [6, 6.07) is 9.12. The number of nitrogens with zero attached hydrogens (tertiary/aromatic N) is 1. The van der Waals surface area contributed by atoms with Gasteiger partial charge in [-0.25, -0.2) is 0 Å². The van der Waals surface area contributed by atoms with E-state index in [1.165, 1.54) is 17.5 Å². The summed E-state index contributed by atoms with van der Waals surface area (Å²) in [6.07, 6.45) is 3.86. The molecule has 0 spiro atoms.